The monoisotopic (exact) mass is 473 g/mol. The lowest BCUT2D eigenvalue weighted by Crippen LogP contribution is -2.30. The molecule has 1 aromatic carbocycles. The highest BCUT2D eigenvalue weighted by Gasteiger charge is 2.34. The molecule has 0 radical (unpaired) electrons. The molecule has 1 aliphatic rings. The Morgan fingerprint density at radius 3 is 2.68 bits per heavy atom. The van der Waals surface area contributed by atoms with Gasteiger partial charge in [-0.2, -0.15) is 0 Å². The molecule has 34 heavy (non-hydrogen) atoms. The summed E-state index contributed by atoms with van der Waals surface area (Å²) in [7, 11) is 1.18. The van der Waals surface area contributed by atoms with E-state index in [9.17, 15) is 29.3 Å². The molecule has 0 aliphatic carbocycles. The Bertz CT molecular complexity index is 1180. The number of rotatable bonds is 9. The maximum atomic E-state index is 12.8. The number of non-ortho nitro benzene ring substituents is 1. The minimum atomic E-state index is -0.772. The molecule has 3 amide bonds. The second kappa shape index (κ2) is 10.3. The third-order valence-electron chi connectivity index (χ3n) is 4.48. The van der Waals surface area contributed by atoms with Crippen LogP contribution in [0.4, 0.5) is 10.5 Å². The first-order chi connectivity index (χ1) is 16.2. The molecule has 13 heteroatoms. The number of nitrogens with zero attached hydrogens (tertiary/aromatic N) is 2. The van der Waals surface area contributed by atoms with Gasteiger partial charge in [-0.05, 0) is 31.2 Å². The average molecular weight is 473 g/mol. The van der Waals surface area contributed by atoms with Crippen LogP contribution >= 0.6 is 0 Å². The van der Waals surface area contributed by atoms with Crippen molar-refractivity contribution in [2.75, 3.05) is 20.3 Å². The van der Waals surface area contributed by atoms with Gasteiger partial charge in [0.1, 0.15) is 17.2 Å². The van der Waals surface area contributed by atoms with E-state index >= 15 is 0 Å². The van der Waals surface area contributed by atoms with Crippen molar-refractivity contribution >= 4 is 35.6 Å². The van der Waals surface area contributed by atoms with Gasteiger partial charge in [0.2, 0.25) is 5.76 Å². The van der Waals surface area contributed by atoms with Crippen LogP contribution in [0.5, 0.6) is 5.75 Å². The predicted molar refractivity (Wildman–Crippen MR) is 112 cm³/mol. The molecular formula is C21H19N3O10. The summed E-state index contributed by atoms with van der Waals surface area (Å²) in [6.45, 7) is 1.03. The third kappa shape index (κ3) is 5.38. The molecule has 1 saturated heterocycles. The van der Waals surface area contributed by atoms with Gasteiger partial charge >= 0.3 is 18.0 Å². The van der Waals surface area contributed by atoms with E-state index in [-0.39, 0.29) is 47.4 Å². The van der Waals surface area contributed by atoms with Crippen molar-refractivity contribution in [2.24, 2.45) is 0 Å². The zero-order chi connectivity index (χ0) is 24.8. The van der Waals surface area contributed by atoms with Crippen LogP contribution in [0.1, 0.15) is 28.8 Å². The Labute approximate surface area is 192 Å². The lowest BCUT2D eigenvalue weighted by Gasteiger charge is -2.10. The topological polar surface area (TPSA) is 168 Å². The highest BCUT2D eigenvalue weighted by molar-refractivity contribution is 6.14. The number of hydrogen-bond acceptors (Lipinski definition) is 10. The Balaban J connectivity index is 1.84. The van der Waals surface area contributed by atoms with Crippen molar-refractivity contribution in [3.63, 3.8) is 0 Å². The van der Waals surface area contributed by atoms with Crippen molar-refractivity contribution in [3.8, 4) is 5.75 Å². The quantitative estimate of drug-likeness (QED) is 0.187. The standard InChI is InChI=1S/C21H19N3O10/c1-3-32-18(25)11-33-16-6-4-13(24(29)30)8-12(16)9-15-19(26)23(21(28)22-15)10-14-5-7-17(34-14)20(27)31-2/h4-9H,3,10-11H2,1-2H3,(H,22,28)/b15-9-. The van der Waals surface area contributed by atoms with Gasteiger partial charge in [0.15, 0.2) is 6.61 Å². The molecule has 2 heterocycles. The molecule has 3 rings (SSSR count). The summed E-state index contributed by atoms with van der Waals surface area (Å²) in [6, 6.07) is 5.54. The van der Waals surface area contributed by atoms with Crippen molar-refractivity contribution in [2.45, 2.75) is 13.5 Å². The maximum absolute atomic E-state index is 12.8. The van der Waals surface area contributed by atoms with Crippen LogP contribution in [0.25, 0.3) is 6.08 Å². The van der Waals surface area contributed by atoms with Crippen LogP contribution < -0.4 is 10.1 Å². The van der Waals surface area contributed by atoms with E-state index in [1.54, 1.807) is 6.92 Å². The molecule has 0 atom stereocenters. The van der Waals surface area contributed by atoms with E-state index in [1.807, 2.05) is 0 Å². The Hall–Kier alpha value is -4.68. The third-order valence-corrected chi connectivity index (χ3v) is 4.48. The van der Waals surface area contributed by atoms with E-state index in [0.717, 1.165) is 11.0 Å². The number of amides is 3. The Kier molecular flexibility index (Phi) is 7.26. The predicted octanol–water partition coefficient (Wildman–Crippen LogP) is 2.01. The zero-order valence-corrected chi connectivity index (χ0v) is 18.1. The van der Waals surface area contributed by atoms with Gasteiger partial charge in [-0.3, -0.25) is 19.8 Å². The highest BCUT2D eigenvalue weighted by atomic mass is 16.6. The largest absolute Gasteiger partial charge is 0.481 e. The summed E-state index contributed by atoms with van der Waals surface area (Å²) < 4.78 is 20.0. The van der Waals surface area contributed by atoms with Crippen LogP contribution in [-0.2, 0) is 25.6 Å². The molecule has 2 aromatic rings. The van der Waals surface area contributed by atoms with Crippen molar-refractivity contribution in [1.29, 1.82) is 0 Å². The van der Waals surface area contributed by atoms with Gasteiger partial charge < -0.3 is 23.9 Å². The summed E-state index contributed by atoms with van der Waals surface area (Å²) in [4.78, 5) is 59.6. The minimum Gasteiger partial charge on any atom is -0.481 e. The molecule has 1 aliphatic heterocycles. The Morgan fingerprint density at radius 1 is 1.24 bits per heavy atom. The molecule has 0 unspecified atom stereocenters. The normalized spacial score (nSPS) is 14.2. The van der Waals surface area contributed by atoms with E-state index in [2.05, 4.69) is 10.1 Å². The fourth-order valence-electron chi connectivity index (χ4n) is 2.93. The number of imide groups is 1. The lowest BCUT2D eigenvalue weighted by atomic mass is 10.1. The van der Waals surface area contributed by atoms with Crippen LogP contribution in [0.2, 0.25) is 0 Å². The SMILES string of the molecule is CCOC(=O)COc1ccc([N+](=O)[O-])cc1/C=C1\NC(=O)N(Cc2ccc(C(=O)OC)o2)C1=O. The van der Waals surface area contributed by atoms with Crippen LogP contribution in [-0.4, -0.2) is 54.0 Å². The molecule has 1 N–H and O–H groups in total. The van der Waals surface area contributed by atoms with E-state index in [1.165, 1.54) is 37.5 Å². The maximum Gasteiger partial charge on any atom is 0.373 e. The van der Waals surface area contributed by atoms with Crippen LogP contribution in [0.15, 0.2) is 40.4 Å². The number of carbonyl (C=O) groups excluding carboxylic acids is 4. The molecule has 13 nitrogen and oxygen atoms in total. The summed E-state index contributed by atoms with van der Waals surface area (Å²) in [5.74, 6) is -2.01. The first kappa shape index (κ1) is 24.0. The first-order valence-corrected chi connectivity index (χ1v) is 9.82. The molecule has 0 spiro atoms. The number of esters is 2. The number of nitrogens with one attached hydrogen (secondary N) is 1. The molecule has 0 saturated carbocycles. The number of benzene rings is 1. The van der Waals surface area contributed by atoms with Crippen molar-refractivity contribution in [1.82, 2.24) is 10.2 Å². The number of carbonyl (C=O) groups is 4. The van der Waals surface area contributed by atoms with Gasteiger partial charge in [-0.25, -0.2) is 14.4 Å². The fraction of sp³-hybridized carbons (Fsp3) is 0.238. The smallest absolute Gasteiger partial charge is 0.373 e. The highest BCUT2D eigenvalue weighted by Crippen LogP contribution is 2.28. The van der Waals surface area contributed by atoms with Crippen molar-refractivity contribution in [3.05, 3.63) is 63.2 Å². The van der Waals surface area contributed by atoms with Gasteiger partial charge in [-0.1, -0.05) is 0 Å². The summed E-state index contributed by atoms with van der Waals surface area (Å²) in [5.41, 5.74) is -0.406. The van der Waals surface area contributed by atoms with Gasteiger partial charge in [0, 0.05) is 17.7 Å². The number of ether oxygens (including phenoxy) is 3. The molecule has 1 aromatic heterocycles. The molecule has 178 valence electrons. The number of hydrogen-bond donors (Lipinski definition) is 1. The minimum absolute atomic E-state index is 0.0559. The van der Waals surface area contributed by atoms with Crippen LogP contribution in [0.3, 0.4) is 0 Å². The van der Waals surface area contributed by atoms with Gasteiger partial charge in [0.05, 0.1) is 25.2 Å². The zero-order valence-electron chi connectivity index (χ0n) is 18.1. The number of methoxy groups -OCH3 is 1. The summed E-state index contributed by atoms with van der Waals surface area (Å²) in [5, 5.41) is 13.6. The molecule has 0 bridgehead atoms. The number of urea groups is 1. The summed E-state index contributed by atoms with van der Waals surface area (Å²) >= 11 is 0. The lowest BCUT2D eigenvalue weighted by molar-refractivity contribution is -0.384. The molecule has 1 fully saturated rings. The van der Waals surface area contributed by atoms with Gasteiger partial charge in [0.25, 0.3) is 11.6 Å². The van der Waals surface area contributed by atoms with Gasteiger partial charge in [-0.15, -0.1) is 0 Å². The number of nitro benzene ring substituents is 1. The van der Waals surface area contributed by atoms with E-state index in [0.29, 0.717) is 0 Å². The average Bonchev–Trinajstić information content (AvgIpc) is 3.38. The van der Waals surface area contributed by atoms with E-state index in [4.69, 9.17) is 13.9 Å². The number of nitro groups is 1. The second-order valence-corrected chi connectivity index (χ2v) is 6.71. The van der Waals surface area contributed by atoms with E-state index < -0.39 is 35.4 Å². The summed E-state index contributed by atoms with van der Waals surface area (Å²) in [6.07, 6.45) is 1.19. The Morgan fingerprint density at radius 2 is 2.00 bits per heavy atom. The first-order valence-electron chi connectivity index (χ1n) is 9.82. The fourth-order valence-corrected chi connectivity index (χ4v) is 2.93. The van der Waals surface area contributed by atoms with Crippen LogP contribution in [0, 0.1) is 10.1 Å². The van der Waals surface area contributed by atoms with Crippen molar-refractivity contribution < 1.29 is 42.7 Å². The second-order valence-electron chi connectivity index (χ2n) is 6.71. The number of furan rings is 1. The molecular weight excluding hydrogens is 454 g/mol.